The van der Waals surface area contributed by atoms with Gasteiger partial charge >= 0.3 is 0 Å². The number of unbranched alkanes of at least 4 members (excludes halogenated alkanes) is 1. The van der Waals surface area contributed by atoms with Gasteiger partial charge in [0.15, 0.2) is 5.96 Å². The summed E-state index contributed by atoms with van der Waals surface area (Å²) in [7, 11) is 1.90. The average Bonchev–Trinajstić information content (AvgIpc) is 2.84. The molecule has 1 aliphatic heterocycles. The minimum Gasteiger partial charge on any atom is -0.378 e. The Hall–Kier alpha value is -0.770. The van der Waals surface area contributed by atoms with E-state index in [1.807, 2.05) is 7.05 Å². The highest BCUT2D eigenvalue weighted by molar-refractivity contribution is 5.79. The van der Waals surface area contributed by atoms with E-state index in [1.54, 1.807) is 0 Å². The molecule has 2 fully saturated rings. The molecule has 0 unspecified atom stereocenters. The van der Waals surface area contributed by atoms with Gasteiger partial charge < -0.3 is 15.0 Å². The van der Waals surface area contributed by atoms with E-state index in [9.17, 15) is 0 Å². The molecule has 134 valence electrons. The van der Waals surface area contributed by atoms with Crippen molar-refractivity contribution in [2.75, 3.05) is 33.3 Å². The Morgan fingerprint density at radius 2 is 1.74 bits per heavy atom. The number of rotatable bonds is 6. The summed E-state index contributed by atoms with van der Waals surface area (Å²) in [6, 6.07) is 0. The smallest absolute Gasteiger partial charge is 0.193 e. The van der Waals surface area contributed by atoms with E-state index in [-0.39, 0.29) is 0 Å². The molecule has 0 spiro atoms. The Labute approximate surface area is 143 Å². The van der Waals surface area contributed by atoms with Gasteiger partial charge in [-0.2, -0.15) is 0 Å². The van der Waals surface area contributed by atoms with Gasteiger partial charge in [-0.1, -0.05) is 32.6 Å². The van der Waals surface area contributed by atoms with Gasteiger partial charge in [0.2, 0.25) is 0 Å². The Morgan fingerprint density at radius 1 is 1.04 bits per heavy atom. The van der Waals surface area contributed by atoms with Crippen molar-refractivity contribution in [1.29, 1.82) is 0 Å². The van der Waals surface area contributed by atoms with Crippen LogP contribution in [0.25, 0.3) is 0 Å². The summed E-state index contributed by atoms with van der Waals surface area (Å²) in [4.78, 5) is 6.84. The van der Waals surface area contributed by atoms with Crippen LogP contribution in [0.2, 0.25) is 0 Å². The van der Waals surface area contributed by atoms with Crippen molar-refractivity contribution in [3.05, 3.63) is 0 Å². The predicted molar refractivity (Wildman–Crippen MR) is 98.0 cm³/mol. The Kier molecular flexibility index (Phi) is 8.80. The average molecular weight is 324 g/mol. The first-order chi connectivity index (χ1) is 11.3. The molecule has 0 aromatic rings. The number of aliphatic imine (C=N–C) groups is 1. The fraction of sp³-hybridized carbons (Fsp3) is 0.947. The highest BCUT2D eigenvalue weighted by Gasteiger charge is 2.18. The molecule has 4 nitrogen and oxygen atoms in total. The fourth-order valence-corrected chi connectivity index (χ4v) is 3.64. The number of piperidine rings is 1. The summed E-state index contributed by atoms with van der Waals surface area (Å²) < 4.78 is 6.06. The van der Waals surface area contributed by atoms with Crippen LogP contribution in [0.4, 0.5) is 0 Å². The van der Waals surface area contributed by atoms with Crippen LogP contribution in [0, 0.1) is 5.92 Å². The highest BCUT2D eigenvalue weighted by atomic mass is 16.5. The summed E-state index contributed by atoms with van der Waals surface area (Å²) in [5.74, 6) is 1.95. The number of hydrogen-bond donors (Lipinski definition) is 1. The monoisotopic (exact) mass is 323 g/mol. The molecule has 4 heteroatoms. The molecule has 0 aromatic carbocycles. The first-order valence-corrected chi connectivity index (χ1v) is 9.87. The topological polar surface area (TPSA) is 36.9 Å². The van der Waals surface area contributed by atoms with Crippen LogP contribution < -0.4 is 5.32 Å². The molecule has 1 aliphatic carbocycles. The van der Waals surface area contributed by atoms with Crippen molar-refractivity contribution in [3.63, 3.8) is 0 Å². The van der Waals surface area contributed by atoms with Crippen LogP contribution >= 0.6 is 0 Å². The van der Waals surface area contributed by atoms with E-state index in [0.29, 0.717) is 6.10 Å². The number of guanidine groups is 1. The number of hydrogen-bond acceptors (Lipinski definition) is 2. The molecular formula is C19H37N3O. The minimum atomic E-state index is 0.536. The van der Waals surface area contributed by atoms with Gasteiger partial charge in [-0.05, 0) is 44.4 Å². The SMILES string of the molecule is CN=C(NCCCCOC1CCCCCC1)N1CCC(C)CC1. The summed E-state index contributed by atoms with van der Waals surface area (Å²) in [6.07, 6.45) is 13.5. The van der Waals surface area contributed by atoms with Gasteiger partial charge in [-0.3, -0.25) is 4.99 Å². The van der Waals surface area contributed by atoms with E-state index >= 15 is 0 Å². The third-order valence-corrected chi connectivity index (χ3v) is 5.30. The second-order valence-electron chi connectivity index (χ2n) is 7.34. The van der Waals surface area contributed by atoms with E-state index < -0.39 is 0 Å². The molecule has 2 rings (SSSR count). The van der Waals surface area contributed by atoms with Crippen molar-refractivity contribution in [1.82, 2.24) is 10.2 Å². The summed E-state index contributed by atoms with van der Waals surface area (Å²) in [6.45, 7) is 6.57. The number of ether oxygens (including phenoxy) is 1. The van der Waals surface area contributed by atoms with Gasteiger partial charge in [0.05, 0.1) is 6.10 Å². The fourth-order valence-electron chi connectivity index (χ4n) is 3.64. The third kappa shape index (κ3) is 7.11. The third-order valence-electron chi connectivity index (χ3n) is 5.30. The van der Waals surface area contributed by atoms with Gasteiger partial charge in [0, 0.05) is 33.3 Å². The lowest BCUT2D eigenvalue weighted by Crippen LogP contribution is -2.45. The maximum absolute atomic E-state index is 6.06. The Morgan fingerprint density at radius 3 is 2.39 bits per heavy atom. The standard InChI is InChI=1S/C19H37N3O/c1-17-11-14-22(15-12-17)19(20-2)21-13-7-8-16-23-18-9-5-3-4-6-10-18/h17-18H,3-16H2,1-2H3,(H,20,21). The molecule has 1 saturated heterocycles. The normalized spacial score (nSPS) is 22.2. The molecule has 0 aromatic heterocycles. The van der Waals surface area contributed by atoms with E-state index in [4.69, 9.17) is 4.74 Å². The van der Waals surface area contributed by atoms with Gasteiger partial charge in [0.1, 0.15) is 0 Å². The van der Waals surface area contributed by atoms with Crippen LogP contribution in [0.1, 0.15) is 71.1 Å². The molecule has 23 heavy (non-hydrogen) atoms. The second-order valence-corrected chi connectivity index (χ2v) is 7.34. The maximum atomic E-state index is 6.06. The molecule has 0 bridgehead atoms. The first-order valence-electron chi connectivity index (χ1n) is 9.87. The molecule has 1 heterocycles. The lowest BCUT2D eigenvalue weighted by molar-refractivity contribution is 0.0411. The lowest BCUT2D eigenvalue weighted by Gasteiger charge is -2.32. The summed E-state index contributed by atoms with van der Waals surface area (Å²) >= 11 is 0. The van der Waals surface area contributed by atoms with Crippen molar-refractivity contribution < 1.29 is 4.74 Å². The Balaban J connectivity index is 1.52. The van der Waals surface area contributed by atoms with Crippen LogP contribution in [0.5, 0.6) is 0 Å². The maximum Gasteiger partial charge on any atom is 0.193 e. The Bertz CT molecular complexity index is 330. The van der Waals surface area contributed by atoms with E-state index in [2.05, 4.69) is 22.1 Å². The van der Waals surface area contributed by atoms with Gasteiger partial charge in [-0.25, -0.2) is 0 Å². The molecule has 2 aliphatic rings. The van der Waals surface area contributed by atoms with E-state index in [0.717, 1.165) is 51.0 Å². The highest BCUT2D eigenvalue weighted by Crippen LogP contribution is 2.20. The quantitative estimate of drug-likeness (QED) is 0.349. The van der Waals surface area contributed by atoms with Crippen molar-refractivity contribution in [2.24, 2.45) is 10.9 Å². The van der Waals surface area contributed by atoms with Gasteiger partial charge in [-0.15, -0.1) is 0 Å². The zero-order chi connectivity index (χ0) is 16.3. The predicted octanol–water partition coefficient (Wildman–Crippen LogP) is 3.81. The van der Waals surface area contributed by atoms with Crippen molar-refractivity contribution in [3.8, 4) is 0 Å². The van der Waals surface area contributed by atoms with Gasteiger partial charge in [0.25, 0.3) is 0 Å². The summed E-state index contributed by atoms with van der Waals surface area (Å²) in [5, 5.41) is 3.52. The number of likely N-dealkylation sites (tertiary alicyclic amines) is 1. The molecular weight excluding hydrogens is 286 g/mol. The number of nitrogens with zero attached hydrogens (tertiary/aromatic N) is 2. The van der Waals surface area contributed by atoms with Crippen molar-refractivity contribution in [2.45, 2.75) is 77.2 Å². The largest absolute Gasteiger partial charge is 0.378 e. The van der Waals surface area contributed by atoms with Crippen LogP contribution in [-0.4, -0.2) is 50.3 Å². The molecule has 0 amide bonds. The minimum absolute atomic E-state index is 0.536. The zero-order valence-corrected chi connectivity index (χ0v) is 15.4. The lowest BCUT2D eigenvalue weighted by atomic mass is 10.00. The van der Waals surface area contributed by atoms with Crippen LogP contribution in [-0.2, 0) is 4.74 Å². The molecule has 1 saturated carbocycles. The zero-order valence-electron chi connectivity index (χ0n) is 15.4. The molecule has 0 atom stereocenters. The number of nitrogens with one attached hydrogen (secondary N) is 1. The molecule has 1 N–H and O–H groups in total. The van der Waals surface area contributed by atoms with Crippen molar-refractivity contribution >= 4 is 5.96 Å². The summed E-state index contributed by atoms with van der Waals surface area (Å²) in [5.41, 5.74) is 0. The first kappa shape index (κ1) is 18.6. The van der Waals surface area contributed by atoms with Crippen LogP contribution in [0.15, 0.2) is 4.99 Å². The van der Waals surface area contributed by atoms with Crippen LogP contribution in [0.3, 0.4) is 0 Å². The molecule has 0 radical (unpaired) electrons. The van der Waals surface area contributed by atoms with E-state index in [1.165, 1.54) is 51.4 Å². The second kappa shape index (κ2) is 10.9.